The molecule has 0 fully saturated rings. The Labute approximate surface area is 151 Å². The molecule has 3 rings (SSSR count). The van der Waals surface area contributed by atoms with Crippen LogP contribution in [0, 0.1) is 13.8 Å². The highest BCUT2D eigenvalue weighted by molar-refractivity contribution is 6.33. The van der Waals surface area contributed by atoms with Crippen LogP contribution in [0.4, 0.5) is 0 Å². The molecule has 0 bridgehead atoms. The van der Waals surface area contributed by atoms with Crippen molar-refractivity contribution >= 4 is 17.6 Å². The molecule has 3 aromatic carbocycles. The molecule has 0 heterocycles. The fraction of sp³-hybridized carbons (Fsp3) is 0.0952. The Morgan fingerprint density at radius 2 is 1.76 bits per heavy atom. The molecule has 0 radical (unpaired) electrons. The average molecular weight is 353 g/mol. The maximum atomic E-state index is 12.5. The standard InChI is InChI=1S/C21H17ClO3/c1-13-10-11-18(23)16(12-13)20-14(2)6-5-9-19(20)25-21(24)15-7-3-4-8-17(15)22/h3-12,23H,1-2H3. The molecule has 0 aliphatic carbocycles. The molecule has 0 spiro atoms. The fourth-order valence-corrected chi connectivity index (χ4v) is 2.92. The normalized spacial score (nSPS) is 10.5. The Hall–Kier alpha value is -2.78. The first-order valence-corrected chi connectivity index (χ1v) is 8.21. The molecule has 4 heteroatoms. The Bertz CT molecular complexity index is 948. The van der Waals surface area contributed by atoms with Crippen LogP contribution in [-0.2, 0) is 0 Å². The van der Waals surface area contributed by atoms with Gasteiger partial charge in [0.05, 0.1) is 10.6 Å². The van der Waals surface area contributed by atoms with Crippen LogP contribution in [0.2, 0.25) is 5.02 Å². The number of esters is 1. The van der Waals surface area contributed by atoms with E-state index < -0.39 is 5.97 Å². The molecule has 0 aliphatic heterocycles. The van der Waals surface area contributed by atoms with Gasteiger partial charge in [0.15, 0.2) is 0 Å². The summed E-state index contributed by atoms with van der Waals surface area (Å²) < 4.78 is 5.61. The van der Waals surface area contributed by atoms with Crippen LogP contribution in [0.25, 0.3) is 11.1 Å². The summed E-state index contributed by atoms with van der Waals surface area (Å²) in [4.78, 5) is 12.5. The first-order valence-electron chi connectivity index (χ1n) is 7.83. The SMILES string of the molecule is Cc1ccc(O)c(-c2c(C)cccc2OC(=O)c2ccccc2Cl)c1. The lowest BCUT2D eigenvalue weighted by Crippen LogP contribution is -2.10. The number of carbonyl (C=O) groups excluding carboxylic acids is 1. The van der Waals surface area contributed by atoms with Gasteiger partial charge in [0.25, 0.3) is 0 Å². The van der Waals surface area contributed by atoms with Gasteiger partial charge in [-0.25, -0.2) is 4.79 Å². The van der Waals surface area contributed by atoms with Crippen LogP contribution < -0.4 is 4.74 Å². The number of hydrogen-bond acceptors (Lipinski definition) is 3. The highest BCUT2D eigenvalue weighted by Crippen LogP contribution is 2.39. The first-order chi connectivity index (χ1) is 12.0. The van der Waals surface area contributed by atoms with Crippen molar-refractivity contribution in [3.05, 3.63) is 82.4 Å². The summed E-state index contributed by atoms with van der Waals surface area (Å²) in [5.74, 6) is -0.0228. The van der Waals surface area contributed by atoms with Gasteiger partial charge in [0.2, 0.25) is 0 Å². The third-order valence-electron chi connectivity index (χ3n) is 3.95. The Balaban J connectivity index is 2.07. The van der Waals surface area contributed by atoms with Gasteiger partial charge in [-0.15, -0.1) is 0 Å². The van der Waals surface area contributed by atoms with Crippen LogP contribution >= 0.6 is 11.6 Å². The molecule has 0 saturated carbocycles. The molecule has 0 saturated heterocycles. The molecule has 0 unspecified atom stereocenters. The quantitative estimate of drug-likeness (QED) is 0.496. The minimum absolute atomic E-state index is 0.134. The second-order valence-electron chi connectivity index (χ2n) is 5.84. The predicted molar refractivity (Wildman–Crippen MR) is 99.4 cm³/mol. The monoisotopic (exact) mass is 352 g/mol. The fourth-order valence-electron chi connectivity index (χ4n) is 2.70. The highest BCUT2D eigenvalue weighted by atomic mass is 35.5. The largest absolute Gasteiger partial charge is 0.507 e. The number of halogens is 1. The summed E-state index contributed by atoms with van der Waals surface area (Å²) in [7, 11) is 0. The maximum Gasteiger partial charge on any atom is 0.345 e. The van der Waals surface area contributed by atoms with Crippen molar-refractivity contribution in [1.29, 1.82) is 0 Å². The van der Waals surface area contributed by atoms with Crippen molar-refractivity contribution in [2.75, 3.05) is 0 Å². The smallest absolute Gasteiger partial charge is 0.345 e. The molecule has 25 heavy (non-hydrogen) atoms. The van der Waals surface area contributed by atoms with Crippen molar-refractivity contribution in [1.82, 2.24) is 0 Å². The molecule has 1 N–H and O–H groups in total. The van der Waals surface area contributed by atoms with Crippen LogP contribution in [0.3, 0.4) is 0 Å². The van der Waals surface area contributed by atoms with Crippen molar-refractivity contribution in [2.24, 2.45) is 0 Å². The van der Waals surface area contributed by atoms with Crippen molar-refractivity contribution in [2.45, 2.75) is 13.8 Å². The van der Waals surface area contributed by atoms with Gasteiger partial charge in [-0.05, 0) is 49.7 Å². The number of phenolic OH excluding ortho intramolecular Hbond substituents is 1. The van der Waals surface area contributed by atoms with E-state index in [9.17, 15) is 9.90 Å². The molecular weight excluding hydrogens is 336 g/mol. The van der Waals surface area contributed by atoms with Gasteiger partial charge >= 0.3 is 5.97 Å². The third kappa shape index (κ3) is 3.52. The number of aryl methyl sites for hydroxylation is 2. The number of carbonyl (C=O) groups is 1. The maximum absolute atomic E-state index is 12.5. The van der Waals surface area contributed by atoms with E-state index in [4.69, 9.17) is 16.3 Å². The zero-order chi connectivity index (χ0) is 18.0. The summed E-state index contributed by atoms with van der Waals surface area (Å²) >= 11 is 6.08. The molecular formula is C21H17ClO3. The Morgan fingerprint density at radius 1 is 1.00 bits per heavy atom. The van der Waals surface area contributed by atoms with E-state index in [-0.39, 0.29) is 5.75 Å². The van der Waals surface area contributed by atoms with Gasteiger partial charge < -0.3 is 9.84 Å². The summed E-state index contributed by atoms with van der Waals surface area (Å²) in [5, 5.41) is 10.6. The minimum atomic E-state index is -0.537. The molecule has 3 aromatic rings. The van der Waals surface area contributed by atoms with Crippen molar-refractivity contribution in [3.63, 3.8) is 0 Å². The second kappa shape index (κ2) is 6.99. The second-order valence-corrected chi connectivity index (χ2v) is 6.25. The number of aromatic hydroxyl groups is 1. The summed E-state index contributed by atoms with van der Waals surface area (Å²) in [5.41, 5.74) is 3.50. The lowest BCUT2D eigenvalue weighted by molar-refractivity contribution is 0.0735. The predicted octanol–water partition coefficient (Wildman–Crippen LogP) is 5.55. The van der Waals surface area contributed by atoms with Crippen LogP contribution in [0.5, 0.6) is 11.5 Å². The van der Waals surface area contributed by atoms with Crippen LogP contribution in [-0.4, -0.2) is 11.1 Å². The van der Waals surface area contributed by atoms with Crippen molar-refractivity contribution < 1.29 is 14.6 Å². The van der Waals surface area contributed by atoms with Crippen LogP contribution in [0.15, 0.2) is 60.7 Å². The first kappa shape index (κ1) is 17.1. The summed E-state index contributed by atoms with van der Waals surface area (Å²) in [6, 6.07) is 17.5. The summed E-state index contributed by atoms with van der Waals surface area (Å²) in [6.07, 6.45) is 0. The minimum Gasteiger partial charge on any atom is -0.507 e. The van der Waals surface area contributed by atoms with E-state index in [2.05, 4.69) is 0 Å². The van der Waals surface area contributed by atoms with Gasteiger partial charge in [0.1, 0.15) is 11.5 Å². The van der Waals surface area contributed by atoms with Gasteiger partial charge in [-0.1, -0.05) is 47.5 Å². The summed E-state index contributed by atoms with van der Waals surface area (Å²) in [6.45, 7) is 3.85. The van der Waals surface area contributed by atoms with E-state index in [1.165, 1.54) is 0 Å². The zero-order valence-corrected chi connectivity index (χ0v) is 14.7. The lowest BCUT2D eigenvalue weighted by atomic mass is 9.97. The average Bonchev–Trinajstić information content (AvgIpc) is 2.58. The molecule has 126 valence electrons. The van der Waals surface area contributed by atoms with E-state index >= 15 is 0 Å². The molecule has 0 aromatic heterocycles. The van der Waals surface area contributed by atoms with Gasteiger partial charge in [-0.2, -0.15) is 0 Å². The van der Waals surface area contributed by atoms with Crippen molar-refractivity contribution in [3.8, 4) is 22.6 Å². The zero-order valence-electron chi connectivity index (χ0n) is 13.9. The molecule has 0 aliphatic rings. The highest BCUT2D eigenvalue weighted by Gasteiger charge is 2.18. The molecule has 3 nitrogen and oxygen atoms in total. The Morgan fingerprint density at radius 3 is 2.52 bits per heavy atom. The lowest BCUT2D eigenvalue weighted by Gasteiger charge is -2.15. The number of phenols is 1. The third-order valence-corrected chi connectivity index (χ3v) is 4.28. The number of hydrogen-bond donors (Lipinski definition) is 1. The number of benzene rings is 3. The van der Waals surface area contributed by atoms with Crippen LogP contribution in [0.1, 0.15) is 21.5 Å². The van der Waals surface area contributed by atoms with E-state index in [1.807, 2.05) is 32.0 Å². The van der Waals surface area contributed by atoms with Gasteiger partial charge in [0, 0.05) is 11.1 Å². The number of ether oxygens (including phenoxy) is 1. The molecule has 0 atom stereocenters. The van der Waals surface area contributed by atoms with Gasteiger partial charge in [-0.3, -0.25) is 0 Å². The van der Waals surface area contributed by atoms with E-state index in [1.54, 1.807) is 42.5 Å². The van der Waals surface area contributed by atoms with E-state index in [0.717, 1.165) is 11.1 Å². The topological polar surface area (TPSA) is 46.5 Å². The van der Waals surface area contributed by atoms with E-state index in [0.29, 0.717) is 27.5 Å². The Kier molecular flexibility index (Phi) is 4.77. The molecule has 0 amide bonds. The number of rotatable bonds is 3.